The van der Waals surface area contributed by atoms with Crippen LogP contribution in [-0.2, 0) is 14.3 Å². The maximum absolute atomic E-state index is 10.3. The molecule has 0 saturated heterocycles. The highest BCUT2D eigenvalue weighted by molar-refractivity contribution is 5.81. The van der Waals surface area contributed by atoms with Crippen molar-refractivity contribution in [1.82, 2.24) is 0 Å². The third-order valence-electron chi connectivity index (χ3n) is 0.909. The monoisotopic (exact) mass is 188 g/mol. The summed E-state index contributed by atoms with van der Waals surface area (Å²) in [6.45, 7) is 6.91. The van der Waals surface area contributed by atoms with Gasteiger partial charge in [0.1, 0.15) is 0 Å². The number of carbonyl (C=O) groups is 2. The number of rotatable bonds is 4. The van der Waals surface area contributed by atoms with Crippen molar-refractivity contribution < 1.29 is 19.4 Å². The minimum Gasteiger partial charge on any atom is -0.481 e. The molecule has 0 rings (SSSR count). The molecule has 0 aliphatic rings. The lowest BCUT2D eigenvalue weighted by molar-refractivity contribution is -0.138. The van der Waals surface area contributed by atoms with Gasteiger partial charge in [-0.25, -0.2) is 4.79 Å². The van der Waals surface area contributed by atoms with Gasteiger partial charge in [-0.15, -0.1) is 0 Å². The molecule has 0 bridgehead atoms. The standard InChI is InChI=1S/C7H12O2.C2H4O2/c1-3-5-6-9-7(8)4-2;1-2(3)4/h4H,2-3,5-6H2,1H3;1H3,(H,3,4). The predicted molar refractivity (Wildman–Crippen MR) is 49.4 cm³/mol. The van der Waals surface area contributed by atoms with Crippen molar-refractivity contribution in [3.05, 3.63) is 12.7 Å². The van der Waals surface area contributed by atoms with Crippen LogP contribution in [0.25, 0.3) is 0 Å². The first-order valence-electron chi connectivity index (χ1n) is 4.03. The summed E-state index contributed by atoms with van der Waals surface area (Å²) < 4.78 is 4.67. The molecule has 0 fully saturated rings. The van der Waals surface area contributed by atoms with E-state index < -0.39 is 5.97 Å². The zero-order valence-corrected chi connectivity index (χ0v) is 8.08. The van der Waals surface area contributed by atoms with Crippen molar-refractivity contribution in [1.29, 1.82) is 0 Å². The summed E-state index contributed by atoms with van der Waals surface area (Å²) >= 11 is 0. The molecule has 0 aliphatic carbocycles. The second-order valence-corrected chi connectivity index (χ2v) is 2.24. The first-order valence-corrected chi connectivity index (χ1v) is 4.03. The Bertz CT molecular complexity index is 159. The molecular weight excluding hydrogens is 172 g/mol. The largest absolute Gasteiger partial charge is 0.481 e. The third kappa shape index (κ3) is 24.9. The van der Waals surface area contributed by atoms with Crippen LogP contribution in [-0.4, -0.2) is 23.7 Å². The first-order chi connectivity index (χ1) is 6.04. The molecule has 0 unspecified atom stereocenters. The fourth-order valence-electron chi connectivity index (χ4n) is 0.376. The topological polar surface area (TPSA) is 63.6 Å². The lowest BCUT2D eigenvalue weighted by Crippen LogP contribution is -2.00. The van der Waals surface area contributed by atoms with Crippen LogP contribution in [0.15, 0.2) is 12.7 Å². The van der Waals surface area contributed by atoms with Gasteiger partial charge in [-0.3, -0.25) is 4.79 Å². The summed E-state index contributed by atoms with van der Waals surface area (Å²) in [4.78, 5) is 19.3. The molecule has 0 radical (unpaired) electrons. The van der Waals surface area contributed by atoms with Gasteiger partial charge >= 0.3 is 5.97 Å². The van der Waals surface area contributed by atoms with Gasteiger partial charge in [0.15, 0.2) is 0 Å². The molecule has 4 nitrogen and oxygen atoms in total. The average molecular weight is 188 g/mol. The van der Waals surface area contributed by atoms with Crippen LogP contribution in [0, 0.1) is 0 Å². The van der Waals surface area contributed by atoms with Crippen LogP contribution in [0.1, 0.15) is 26.7 Å². The van der Waals surface area contributed by atoms with Crippen molar-refractivity contribution in [2.24, 2.45) is 0 Å². The zero-order chi connectivity index (χ0) is 10.7. The van der Waals surface area contributed by atoms with Crippen molar-refractivity contribution >= 4 is 11.9 Å². The normalized spacial score (nSPS) is 7.85. The highest BCUT2D eigenvalue weighted by Crippen LogP contribution is 1.88. The second-order valence-electron chi connectivity index (χ2n) is 2.24. The van der Waals surface area contributed by atoms with Crippen LogP contribution >= 0.6 is 0 Å². The van der Waals surface area contributed by atoms with Gasteiger partial charge in [0.25, 0.3) is 5.97 Å². The van der Waals surface area contributed by atoms with Crippen molar-refractivity contribution in [2.75, 3.05) is 6.61 Å². The number of carboxylic acids is 1. The van der Waals surface area contributed by atoms with Crippen molar-refractivity contribution in [3.63, 3.8) is 0 Å². The van der Waals surface area contributed by atoms with Crippen LogP contribution in [0.4, 0.5) is 0 Å². The Labute approximate surface area is 78.2 Å². The van der Waals surface area contributed by atoms with E-state index in [4.69, 9.17) is 9.90 Å². The minimum absolute atomic E-state index is 0.330. The van der Waals surface area contributed by atoms with Gasteiger partial charge in [0.05, 0.1) is 6.61 Å². The molecule has 76 valence electrons. The molecule has 0 heterocycles. The number of carboxylic acid groups (broad SMARTS) is 1. The fraction of sp³-hybridized carbons (Fsp3) is 0.556. The Morgan fingerprint density at radius 1 is 1.54 bits per heavy atom. The molecule has 13 heavy (non-hydrogen) atoms. The Morgan fingerprint density at radius 3 is 2.31 bits per heavy atom. The summed E-state index contributed by atoms with van der Waals surface area (Å²) in [6.07, 6.45) is 3.15. The summed E-state index contributed by atoms with van der Waals surface area (Å²) in [5.41, 5.74) is 0. The van der Waals surface area contributed by atoms with E-state index in [1.165, 1.54) is 6.08 Å². The van der Waals surface area contributed by atoms with Crippen LogP contribution in [0.2, 0.25) is 0 Å². The molecule has 0 aromatic heterocycles. The molecule has 0 aromatic carbocycles. The fourth-order valence-corrected chi connectivity index (χ4v) is 0.376. The lowest BCUT2D eigenvalue weighted by Gasteiger charge is -1.97. The van der Waals surface area contributed by atoms with Gasteiger partial charge in [0.2, 0.25) is 0 Å². The van der Waals surface area contributed by atoms with E-state index in [1.807, 2.05) is 6.92 Å². The number of unbranched alkanes of at least 4 members (excludes halogenated alkanes) is 1. The number of hydrogen-bond acceptors (Lipinski definition) is 3. The van der Waals surface area contributed by atoms with Gasteiger partial charge in [0, 0.05) is 13.0 Å². The summed E-state index contributed by atoms with van der Waals surface area (Å²) in [5.74, 6) is -1.16. The smallest absolute Gasteiger partial charge is 0.330 e. The molecule has 0 atom stereocenters. The van der Waals surface area contributed by atoms with Gasteiger partial charge in [-0.2, -0.15) is 0 Å². The maximum atomic E-state index is 10.3. The Kier molecular flexibility index (Phi) is 11.7. The molecular formula is C9H16O4. The van der Waals surface area contributed by atoms with E-state index in [0.717, 1.165) is 19.8 Å². The number of hydrogen-bond donors (Lipinski definition) is 1. The summed E-state index contributed by atoms with van der Waals surface area (Å²) in [6, 6.07) is 0. The van der Waals surface area contributed by atoms with Crippen LogP contribution < -0.4 is 0 Å². The van der Waals surface area contributed by atoms with E-state index in [2.05, 4.69) is 11.3 Å². The summed E-state index contributed by atoms with van der Waals surface area (Å²) in [7, 11) is 0. The zero-order valence-electron chi connectivity index (χ0n) is 8.08. The van der Waals surface area contributed by atoms with Crippen LogP contribution in [0.3, 0.4) is 0 Å². The average Bonchev–Trinajstić information content (AvgIpc) is 2.03. The Hall–Kier alpha value is -1.32. The quantitative estimate of drug-likeness (QED) is 0.413. The Balaban J connectivity index is 0. The number of aliphatic carboxylic acids is 1. The van der Waals surface area contributed by atoms with E-state index in [9.17, 15) is 4.79 Å². The van der Waals surface area contributed by atoms with E-state index in [-0.39, 0.29) is 5.97 Å². The molecule has 0 aromatic rings. The highest BCUT2D eigenvalue weighted by Gasteiger charge is 1.91. The first kappa shape index (κ1) is 14.2. The second kappa shape index (κ2) is 10.7. The third-order valence-corrected chi connectivity index (χ3v) is 0.909. The van der Waals surface area contributed by atoms with Crippen LogP contribution in [0.5, 0.6) is 0 Å². The van der Waals surface area contributed by atoms with Gasteiger partial charge in [-0.1, -0.05) is 19.9 Å². The number of carbonyl (C=O) groups excluding carboxylic acids is 1. The molecule has 0 aliphatic heterocycles. The maximum Gasteiger partial charge on any atom is 0.330 e. The van der Waals surface area contributed by atoms with Gasteiger partial charge in [-0.05, 0) is 6.42 Å². The Morgan fingerprint density at radius 2 is 2.00 bits per heavy atom. The van der Waals surface area contributed by atoms with Crippen molar-refractivity contribution in [3.8, 4) is 0 Å². The SMILES string of the molecule is C=CC(=O)OCCCC.CC(=O)O. The predicted octanol–water partition coefficient (Wildman–Crippen LogP) is 1.61. The number of ether oxygens (including phenoxy) is 1. The minimum atomic E-state index is -0.833. The van der Waals surface area contributed by atoms with E-state index in [1.54, 1.807) is 0 Å². The van der Waals surface area contributed by atoms with E-state index >= 15 is 0 Å². The van der Waals surface area contributed by atoms with Crippen molar-refractivity contribution in [2.45, 2.75) is 26.7 Å². The summed E-state index contributed by atoms with van der Waals surface area (Å²) in [5, 5.41) is 7.42. The molecule has 0 spiro atoms. The molecule has 4 heteroatoms. The molecule has 0 amide bonds. The highest BCUT2D eigenvalue weighted by atomic mass is 16.5. The number of esters is 1. The molecule has 0 saturated carbocycles. The molecule has 1 N–H and O–H groups in total. The van der Waals surface area contributed by atoms with E-state index in [0.29, 0.717) is 6.61 Å². The lowest BCUT2D eigenvalue weighted by atomic mass is 10.4. The van der Waals surface area contributed by atoms with Gasteiger partial charge < -0.3 is 9.84 Å².